The number of ether oxygens (including phenoxy) is 1. The molecular weight excluding hydrogens is 282 g/mol. The summed E-state index contributed by atoms with van der Waals surface area (Å²) < 4.78 is 5.77. The van der Waals surface area contributed by atoms with Gasteiger partial charge in [0.15, 0.2) is 0 Å². The molecule has 0 aliphatic carbocycles. The molecule has 3 nitrogen and oxygen atoms in total. The summed E-state index contributed by atoms with van der Waals surface area (Å²) in [6, 6.07) is 0. The Bertz CT molecular complexity index is 153. The van der Waals surface area contributed by atoms with Crippen molar-refractivity contribution in [1.82, 2.24) is 0 Å². The van der Waals surface area contributed by atoms with Crippen molar-refractivity contribution >= 4 is 30.4 Å². The second-order valence-corrected chi connectivity index (χ2v) is 5.11. The number of hydrogen-bond donors (Lipinski definition) is 2. The number of rotatable bonds is 0. The van der Waals surface area contributed by atoms with Crippen LogP contribution in [0.15, 0.2) is 0 Å². The lowest BCUT2D eigenvalue weighted by Gasteiger charge is -2.31. The van der Waals surface area contributed by atoms with Crippen molar-refractivity contribution in [2.45, 2.75) is 48.0 Å². The summed E-state index contributed by atoms with van der Waals surface area (Å²) in [7, 11) is 2.03. The highest BCUT2D eigenvalue weighted by atomic mass is 127. The minimum absolute atomic E-state index is 0.0225. The Balaban J connectivity index is 2.59. The van der Waals surface area contributed by atoms with Gasteiger partial charge in [-0.25, -0.2) is 0 Å². The van der Waals surface area contributed by atoms with Crippen molar-refractivity contribution in [2.24, 2.45) is 0 Å². The Morgan fingerprint density at radius 3 is 2.46 bits per heavy atom. The first kappa shape index (κ1) is 11.7. The van der Waals surface area contributed by atoms with Gasteiger partial charge in [0.2, 0.25) is 0 Å². The van der Waals surface area contributed by atoms with Crippen molar-refractivity contribution in [3.63, 3.8) is 0 Å². The molecule has 5 heteroatoms. The molecule has 5 atom stereocenters. The van der Waals surface area contributed by atoms with Crippen LogP contribution in [-0.4, -0.2) is 40.5 Å². The maximum Gasteiger partial charge on any atom is 0.109 e. The molecule has 0 aromatic rings. The molecule has 0 saturated carbocycles. The summed E-state index contributed by atoms with van der Waals surface area (Å²) in [5.74, 6) is 0.285. The molecular formula is C8H16BIO3. The van der Waals surface area contributed by atoms with E-state index in [0.717, 1.165) is 0 Å². The number of hydrogen-bond acceptors (Lipinski definition) is 3. The standard InChI is InChI=1S/C8H16BIO3/c1-4-2-6(11)7(12)3-5(9)8(10)13-4/h4-8,11-12H,2-3,9H2,1H3/t4-,5+,6+,7-,8+/m1/s1. The maximum atomic E-state index is 9.58. The molecule has 0 amide bonds. The number of aliphatic hydroxyl groups is 2. The highest BCUT2D eigenvalue weighted by Gasteiger charge is 2.29. The quantitative estimate of drug-likeness (QED) is 0.378. The average molecular weight is 298 g/mol. The lowest BCUT2D eigenvalue weighted by Crippen LogP contribution is -2.36. The molecule has 76 valence electrons. The maximum absolute atomic E-state index is 9.58. The Morgan fingerprint density at radius 2 is 1.85 bits per heavy atom. The highest BCUT2D eigenvalue weighted by molar-refractivity contribution is 14.1. The van der Waals surface area contributed by atoms with Crippen LogP contribution in [0.25, 0.3) is 0 Å². The smallest absolute Gasteiger partial charge is 0.109 e. The third kappa shape index (κ3) is 3.38. The van der Waals surface area contributed by atoms with Crippen LogP contribution in [0, 0.1) is 0 Å². The molecule has 1 rings (SSSR count). The Morgan fingerprint density at radius 1 is 1.31 bits per heavy atom. The molecule has 2 N–H and O–H groups in total. The van der Waals surface area contributed by atoms with Gasteiger partial charge in [0.25, 0.3) is 0 Å². The summed E-state index contributed by atoms with van der Waals surface area (Å²) in [5, 5.41) is 19.1. The number of alkyl halides is 1. The Labute approximate surface area is 93.4 Å². The molecule has 0 aromatic heterocycles. The summed E-state index contributed by atoms with van der Waals surface area (Å²) in [5.41, 5.74) is 0. The van der Waals surface area contributed by atoms with Gasteiger partial charge in [-0.1, -0.05) is 22.6 Å². The topological polar surface area (TPSA) is 49.7 Å². The summed E-state index contributed by atoms with van der Waals surface area (Å²) >= 11 is 2.24. The van der Waals surface area contributed by atoms with Crippen LogP contribution >= 0.6 is 22.6 Å². The predicted molar refractivity (Wildman–Crippen MR) is 61.9 cm³/mol. The van der Waals surface area contributed by atoms with Crippen molar-refractivity contribution < 1.29 is 14.9 Å². The van der Waals surface area contributed by atoms with E-state index in [1.807, 2.05) is 14.8 Å². The van der Waals surface area contributed by atoms with E-state index in [1.54, 1.807) is 0 Å². The van der Waals surface area contributed by atoms with E-state index in [2.05, 4.69) is 22.6 Å². The molecule has 1 fully saturated rings. The van der Waals surface area contributed by atoms with Crippen molar-refractivity contribution in [3.8, 4) is 0 Å². The van der Waals surface area contributed by atoms with Gasteiger partial charge in [-0.2, -0.15) is 0 Å². The van der Waals surface area contributed by atoms with E-state index in [9.17, 15) is 10.2 Å². The van der Waals surface area contributed by atoms with Crippen LogP contribution in [0.2, 0.25) is 5.82 Å². The SMILES string of the molecule is B[C@H]1C[C@@H](O)[C@@H](O)C[C@@H](C)O[C@@H]1I. The summed E-state index contributed by atoms with van der Waals surface area (Å²) in [4.78, 5) is 0. The van der Waals surface area contributed by atoms with E-state index >= 15 is 0 Å². The molecule has 1 aliphatic rings. The zero-order chi connectivity index (χ0) is 10.0. The van der Waals surface area contributed by atoms with Crippen LogP contribution in [0.5, 0.6) is 0 Å². The van der Waals surface area contributed by atoms with Crippen molar-refractivity contribution in [1.29, 1.82) is 0 Å². The normalized spacial score (nSPS) is 48.2. The van der Waals surface area contributed by atoms with Crippen molar-refractivity contribution in [2.75, 3.05) is 0 Å². The molecule has 1 saturated heterocycles. The van der Waals surface area contributed by atoms with Gasteiger partial charge in [0.05, 0.1) is 18.3 Å². The van der Waals surface area contributed by atoms with Gasteiger partial charge < -0.3 is 14.9 Å². The van der Waals surface area contributed by atoms with Gasteiger partial charge in [-0.05, 0) is 19.2 Å². The average Bonchev–Trinajstić information content (AvgIpc) is 2.02. The second-order valence-electron chi connectivity index (χ2n) is 3.88. The van der Waals surface area contributed by atoms with Gasteiger partial charge in [0.1, 0.15) is 12.0 Å². The minimum Gasteiger partial charge on any atom is -0.390 e. The summed E-state index contributed by atoms with van der Waals surface area (Å²) in [6.07, 6.45) is -0.0798. The molecule has 13 heavy (non-hydrogen) atoms. The minimum atomic E-state index is -0.638. The van der Waals surface area contributed by atoms with E-state index in [0.29, 0.717) is 12.8 Å². The predicted octanol–water partition coefficient (Wildman–Crippen LogP) is 0.0898. The Hall–Kier alpha value is 0.675. The fourth-order valence-corrected chi connectivity index (χ4v) is 2.35. The third-order valence-corrected chi connectivity index (χ3v) is 3.96. The van der Waals surface area contributed by atoms with Gasteiger partial charge in [0, 0.05) is 6.42 Å². The largest absolute Gasteiger partial charge is 0.390 e. The Kier molecular flexibility index (Phi) is 4.48. The van der Waals surface area contributed by atoms with Gasteiger partial charge in [-0.3, -0.25) is 0 Å². The molecule has 0 radical (unpaired) electrons. The highest BCUT2D eigenvalue weighted by Crippen LogP contribution is 2.29. The second kappa shape index (κ2) is 4.95. The number of aliphatic hydroxyl groups excluding tert-OH is 2. The first-order chi connectivity index (χ1) is 6.00. The molecule has 1 aliphatic heterocycles. The van der Waals surface area contributed by atoms with Crippen LogP contribution in [0.3, 0.4) is 0 Å². The lowest BCUT2D eigenvalue weighted by molar-refractivity contribution is -0.0576. The molecule has 0 aromatic carbocycles. The van der Waals surface area contributed by atoms with E-state index in [4.69, 9.17) is 4.74 Å². The van der Waals surface area contributed by atoms with Gasteiger partial charge >= 0.3 is 0 Å². The fraction of sp³-hybridized carbons (Fsp3) is 1.00. The van der Waals surface area contributed by atoms with E-state index in [-0.39, 0.29) is 16.0 Å². The first-order valence-electron chi connectivity index (χ1n) is 4.66. The lowest BCUT2D eigenvalue weighted by atomic mass is 9.81. The third-order valence-electron chi connectivity index (χ3n) is 2.44. The molecule has 0 bridgehead atoms. The van der Waals surface area contributed by atoms with Crippen LogP contribution in [0.1, 0.15) is 19.8 Å². The summed E-state index contributed by atoms with van der Waals surface area (Å²) in [6.45, 7) is 1.93. The van der Waals surface area contributed by atoms with Gasteiger partial charge in [-0.15, -0.1) is 0 Å². The van der Waals surface area contributed by atoms with Crippen molar-refractivity contribution in [3.05, 3.63) is 0 Å². The monoisotopic (exact) mass is 298 g/mol. The van der Waals surface area contributed by atoms with E-state index < -0.39 is 12.2 Å². The molecule has 0 spiro atoms. The van der Waals surface area contributed by atoms with Crippen LogP contribution < -0.4 is 0 Å². The first-order valence-corrected chi connectivity index (χ1v) is 5.91. The fourth-order valence-electron chi connectivity index (χ4n) is 1.55. The zero-order valence-corrected chi connectivity index (χ0v) is 10.1. The van der Waals surface area contributed by atoms with Crippen LogP contribution in [-0.2, 0) is 4.74 Å². The number of halogens is 1. The van der Waals surface area contributed by atoms with Crippen LogP contribution in [0.4, 0.5) is 0 Å². The molecule has 0 unspecified atom stereocenters. The molecule has 1 heterocycles. The van der Waals surface area contributed by atoms with E-state index in [1.165, 1.54) is 0 Å². The zero-order valence-electron chi connectivity index (χ0n) is 7.98.